The van der Waals surface area contributed by atoms with E-state index in [2.05, 4.69) is 29.2 Å². The maximum atomic E-state index is 6.30. The minimum Gasteiger partial charge on any atom is -0.236 e. The Kier molecular flexibility index (Phi) is 2.78. The molecular formula is C15H13ClN2S. The van der Waals surface area contributed by atoms with Crippen LogP contribution < -0.4 is 0 Å². The van der Waals surface area contributed by atoms with Crippen molar-refractivity contribution < 1.29 is 0 Å². The molecule has 96 valence electrons. The molecule has 0 bridgehead atoms. The Morgan fingerprint density at radius 3 is 2.53 bits per heavy atom. The molecule has 4 heteroatoms. The smallest absolute Gasteiger partial charge is 0.137 e. The van der Waals surface area contributed by atoms with E-state index in [-0.39, 0.29) is 0 Å². The Morgan fingerprint density at radius 2 is 1.79 bits per heavy atom. The van der Waals surface area contributed by atoms with Gasteiger partial charge < -0.3 is 0 Å². The summed E-state index contributed by atoms with van der Waals surface area (Å²) in [5.74, 6) is 3.26. The van der Waals surface area contributed by atoms with Crippen molar-refractivity contribution in [2.24, 2.45) is 0 Å². The van der Waals surface area contributed by atoms with Gasteiger partial charge in [0.2, 0.25) is 0 Å². The summed E-state index contributed by atoms with van der Waals surface area (Å²) in [6, 6.07) is 8.63. The van der Waals surface area contributed by atoms with E-state index in [0.717, 1.165) is 41.4 Å². The van der Waals surface area contributed by atoms with Crippen molar-refractivity contribution in [2.75, 3.05) is 0 Å². The molecule has 1 aliphatic carbocycles. The van der Waals surface area contributed by atoms with E-state index in [1.807, 2.05) is 11.8 Å². The molecule has 0 unspecified atom stereocenters. The molecule has 0 saturated carbocycles. The van der Waals surface area contributed by atoms with Crippen LogP contribution in [0, 0.1) is 0 Å². The third kappa shape index (κ3) is 1.96. The van der Waals surface area contributed by atoms with Crippen LogP contribution in [0.5, 0.6) is 0 Å². The number of nitrogens with zero attached hydrogens (tertiary/aromatic N) is 2. The van der Waals surface area contributed by atoms with Crippen LogP contribution in [0.3, 0.4) is 0 Å². The average molecular weight is 289 g/mol. The van der Waals surface area contributed by atoms with Gasteiger partial charge in [-0.1, -0.05) is 35.9 Å². The Labute approximate surface area is 121 Å². The zero-order valence-electron chi connectivity index (χ0n) is 10.4. The zero-order valence-corrected chi connectivity index (χ0v) is 12.0. The van der Waals surface area contributed by atoms with Gasteiger partial charge >= 0.3 is 0 Å². The van der Waals surface area contributed by atoms with Gasteiger partial charge in [0.05, 0.1) is 5.69 Å². The summed E-state index contributed by atoms with van der Waals surface area (Å²) in [7, 11) is 0. The fourth-order valence-corrected chi connectivity index (χ4v) is 4.34. The molecule has 0 amide bonds. The van der Waals surface area contributed by atoms with Gasteiger partial charge in [-0.25, -0.2) is 9.97 Å². The van der Waals surface area contributed by atoms with Crippen LogP contribution in [0.4, 0.5) is 0 Å². The van der Waals surface area contributed by atoms with E-state index in [4.69, 9.17) is 16.6 Å². The Bertz CT molecular complexity index is 632. The number of rotatable bonds is 1. The Balaban J connectivity index is 1.70. The first kappa shape index (κ1) is 11.7. The van der Waals surface area contributed by atoms with Crippen LogP contribution in [0.1, 0.15) is 34.1 Å². The summed E-state index contributed by atoms with van der Waals surface area (Å²) < 4.78 is 0. The first-order valence-corrected chi connectivity index (χ1v) is 8.04. The number of halogens is 1. The lowest BCUT2D eigenvalue weighted by Crippen LogP contribution is -2.07. The molecule has 2 aromatic rings. The van der Waals surface area contributed by atoms with Crippen molar-refractivity contribution in [1.82, 2.24) is 9.97 Å². The van der Waals surface area contributed by atoms with E-state index in [1.165, 1.54) is 11.1 Å². The molecule has 0 radical (unpaired) electrons. The standard InChI is InChI=1S/C15H13ClN2S/c16-14-12-7-19-8-13(12)17-15(18-14)11-5-9-3-1-2-4-10(9)6-11/h1-4,11H,5-8H2. The number of aromatic nitrogens is 2. The maximum Gasteiger partial charge on any atom is 0.137 e. The van der Waals surface area contributed by atoms with E-state index in [1.54, 1.807) is 0 Å². The van der Waals surface area contributed by atoms with Crippen LogP contribution in [0.25, 0.3) is 0 Å². The summed E-state index contributed by atoms with van der Waals surface area (Å²) in [4.78, 5) is 9.31. The fourth-order valence-electron chi connectivity index (χ4n) is 2.95. The summed E-state index contributed by atoms with van der Waals surface area (Å²) >= 11 is 8.17. The lowest BCUT2D eigenvalue weighted by molar-refractivity contribution is 0.676. The van der Waals surface area contributed by atoms with Crippen molar-refractivity contribution in [3.05, 3.63) is 57.6 Å². The summed E-state index contributed by atoms with van der Waals surface area (Å²) in [6.07, 6.45) is 2.08. The zero-order chi connectivity index (χ0) is 12.8. The molecule has 1 aliphatic heterocycles. The number of hydrogen-bond acceptors (Lipinski definition) is 3. The van der Waals surface area contributed by atoms with Crippen molar-refractivity contribution in [3.8, 4) is 0 Å². The van der Waals surface area contributed by atoms with Gasteiger partial charge in [-0.05, 0) is 24.0 Å². The molecule has 0 spiro atoms. The highest BCUT2D eigenvalue weighted by molar-refractivity contribution is 7.98. The minimum absolute atomic E-state index is 0.394. The van der Waals surface area contributed by atoms with E-state index < -0.39 is 0 Å². The maximum absolute atomic E-state index is 6.30. The molecule has 0 saturated heterocycles. The molecule has 1 aromatic carbocycles. The molecule has 2 heterocycles. The van der Waals surface area contributed by atoms with Crippen molar-refractivity contribution in [3.63, 3.8) is 0 Å². The number of fused-ring (bicyclic) bond motifs is 2. The average Bonchev–Trinajstić information content (AvgIpc) is 3.04. The van der Waals surface area contributed by atoms with Gasteiger partial charge in [0.1, 0.15) is 11.0 Å². The largest absolute Gasteiger partial charge is 0.236 e. The van der Waals surface area contributed by atoms with Gasteiger partial charge in [0.25, 0.3) is 0 Å². The van der Waals surface area contributed by atoms with E-state index in [0.29, 0.717) is 11.1 Å². The van der Waals surface area contributed by atoms with Crippen LogP contribution >= 0.6 is 23.4 Å². The van der Waals surface area contributed by atoms with E-state index >= 15 is 0 Å². The normalized spacial score (nSPS) is 17.5. The third-order valence-electron chi connectivity index (χ3n) is 3.96. The molecule has 2 nitrogen and oxygen atoms in total. The monoisotopic (exact) mass is 288 g/mol. The summed E-state index contributed by atoms with van der Waals surface area (Å²) in [6.45, 7) is 0. The summed E-state index contributed by atoms with van der Waals surface area (Å²) in [5, 5.41) is 0.668. The van der Waals surface area contributed by atoms with Gasteiger partial charge in [0.15, 0.2) is 0 Å². The van der Waals surface area contributed by atoms with Crippen LogP contribution in [-0.2, 0) is 24.3 Å². The van der Waals surface area contributed by atoms with Crippen LogP contribution in [0.15, 0.2) is 24.3 Å². The predicted molar refractivity (Wildman–Crippen MR) is 78.6 cm³/mol. The van der Waals surface area contributed by atoms with Gasteiger partial charge in [-0.2, -0.15) is 11.8 Å². The topological polar surface area (TPSA) is 25.8 Å². The Morgan fingerprint density at radius 1 is 1.05 bits per heavy atom. The Hall–Kier alpha value is -1.06. The lowest BCUT2D eigenvalue weighted by Gasteiger charge is -2.10. The second-order valence-electron chi connectivity index (χ2n) is 5.16. The molecule has 0 fully saturated rings. The molecule has 4 rings (SSSR count). The third-order valence-corrected chi connectivity index (χ3v) is 5.24. The second-order valence-corrected chi connectivity index (χ2v) is 6.51. The quantitative estimate of drug-likeness (QED) is 0.747. The molecule has 1 aromatic heterocycles. The second kappa shape index (κ2) is 4.50. The van der Waals surface area contributed by atoms with Crippen molar-refractivity contribution in [1.29, 1.82) is 0 Å². The number of thioether (sulfide) groups is 1. The van der Waals surface area contributed by atoms with E-state index in [9.17, 15) is 0 Å². The van der Waals surface area contributed by atoms with Gasteiger partial charge in [-0.15, -0.1) is 0 Å². The molecule has 19 heavy (non-hydrogen) atoms. The highest BCUT2D eigenvalue weighted by Gasteiger charge is 2.27. The minimum atomic E-state index is 0.394. The summed E-state index contributed by atoms with van der Waals surface area (Å²) in [5.41, 5.74) is 5.16. The number of benzene rings is 1. The van der Waals surface area contributed by atoms with Crippen LogP contribution in [0.2, 0.25) is 5.15 Å². The molecule has 0 atom stereocenters. The lowest BCUT2D eigenvalue weighted by atomic mass is 10.1. The fraction of sp³-hybridized carbons (Fsp3) is 0.333. The van der Waals surface area contributed by atoms with Crippen molar-refractivity contribution in [2.45, 2.75) is 30.3 Å². The highest BCUT2D eigenvalue weighted by atomic mass is 35.5. The van der Waals surface area contributed by atoms with Crippen LogP contribution in [-0.4, -0.2) is 9.97 Å². The van der Waals surface area contributed by atoms with Gasteiger partial charge in [0, 0.05) is 23.0 Å². The molecule has 0 N–H and O–H groups in total. The predicted octanol–water partition coefficient (Wildman–Crippen LogP) is 3.76. The first-order chi connectivity index (χ1) is 9.31. The molecular weight excluding hydrogens is 276 g/mol. The molecule has 2 aliphatic rings. The van der Waals surface area contributed by atoms with Gasteiger partial charge in [-0.3, -0.25) is 0 Å². The SMILES string of the molecule is Clc1nc(C2Cc3ccccc3C2)nc2c1CSC2. The van der Waals surface area contributed by atoms with Crippen molar-refractivity contribution >= 4 is 23.4 Å². The number of hydrogen-bond donors (Lipinski definition) is 0. The first-order valence-electron chi connectivity index (χ1n) is 6.51. The highest BCUT2D eigenvalue weighted by Crippen LogP contribution is 2.37.